The first-order valence-corrected chi connectivity index (χ1v) is 11.8. The summed E-state index contributed by atoms with van der Waals surface area (Å²) in [6.45, 7) is 3.67. The van der Waals surface area contributed by atoms with Crippen LogP contribution in [0, 0.1) is 5.92 Å². The highest BCUT2D eigenvalue weighted by molar-refractivity contribution is 5.97. The third-order valence-electron chi connectivity index (χ3n) is 6.49. The smallest absolute Gasteiger partial charge is 0.329 e. The molecule has 1 aliphatic carbocycles. The van der Waals surface area contributed by atoms with Crippen LogP contribution in [0.3, 0.4) is 0 Å². The van der Waals surface area contributed by atoms with Gasteiger partial charge in [0.05, 0.1) is 14.2 Å². The molecule has 35 heavy (non-hydrogen) atoms. The number of rotatable bonds is 11. The molecule has 1 saturated carbocycles. The van der Waals surface area contributed by atoms with Gasteiger partial charge < -0.3 is 24.8 Å². The average Bonchev–Trinajstić information content (AvgIpc) is 2.85. The second-order valence-corrected chi connectivity index (χ2v) is 9.18. The maximum absolute atomic E-state index is 12.8. The van der Waals surface area contributed by atoms with E-state index in [1.54, 1.807) is 32.0 Å². The molecule has 0 unspecified atom stereocenters. The van der Waals surface area contributed by atoms with Crippen molar-refractivity contribution < 1.29 is 28.6 Å². The van der Waals surface area contributed by atoms with E-state index in [1.165, 1.54) is 19.8 Å². The van der Waals surface area contributed by atoms with Gasteiger partial charge in [-0.2, -0.15) is 0 Å². The Hall–Kier alpha value is -3.55. The standard InChI is InChI=1S/C27H34N2O6/c1-18(2)24(29-25(31)19-13-21(33-3)15-22(14-19)34-4)26(32)35-16-23(30)28-17-27(11-8-12-27)20-9-6-5-7-10-20/h5-7,9-10,13-15,18,24H,8,11-12,16-17H2,1-4H3,(H,28,30)(H,29,31)/t24-/m0/s1. The van der Waals surface area contributed by atoms with Crippen LogP contribution in [-0.4, -0.2) is 51.2 Å². The molecule has 1 atom stereocenters. The summed E-state index contributed by atoms with van der Waals surface area (Å²) >= 11 is 0. The van der Waals surface area contributed by atoms with E-state index < -0.39 is 24.5 Å². The van der Waals surface area contributed by atoms with Crippen LogP contribution in [0.4, 0.5) is 0 Å². The number of hydrogen-bond acceptors (Lipinski definition) is 6. The van der Waals surface area contributed by atoms with Gasteiger partial charge in [-0.1, -0.05) is 50.6 Å². The quantitative estimate of drug-likeness (QED) is 0.477. The number of amides is 2. The summed E-state index contributed by atoms with van der Waals surface area (Å²) in [6, 6.07) is 14.0. The molecule has 0 radical (unpaired) electrons. The van der Waals surface area contributed by atoms with Gasteiger partial charge >= 0.3 is 5.97 Å². The van der Waals surface area contributed by atoms with Gasteiger partial charge in [0.15, 0.2) is 6.61 Å². The van der Waals surface area contributed by atoms with Gasteiger partial charge in [-0.05, 0) is 36.5 Å². The van der Waals surface area contributed by atoms with Crippen molar-refractivity contribution in [2.45, 2.75) is 44.6 Å². The molecule has 0 aliphatic heterocycles. The van der Waals surface area contributed by atoms with E-state index in [2.05, 4.69) is 22.8 Å². The molecule has 1 aliphatic rings. The Morgan fingerprint density at radius 2 is 1.60 bits per heavy atom. The predicted molar refractivity (Wildman–Crippen MR) is 132 cm³/mol. The van der Waals surface area contributed by atoms with Crippen LogP contribution >= 0.6 is 0 Å². The van der Waals surface area contributed by atoms with Crippen LogP contribution in [0.1, 0.15) is 49.0 Å². The minimum absolute atomic E-state index is 0.0623. The molecule has 3 rings (SSSR count). The van der Waals surface area contributed by atoms with Gasteiger partial charge in [-0.25, -0.2) is 4.79 Å². The highest BCUT2D eigenvalue weighted by Crippen LogP contribution is 2.43. The Morgan fingerprint density at radius 1 is 0.971 bits per heavy atom. The topological polar surface area (TPSA) is 103 Å². The summed E-state index contributed by atoms with van der Waals surface area (Å²) in [5, 5.41) is 5.61. The summed E-state index contributed by atoms with van der Waals surface area (Å²) in [5.41, 5.74) is 1.43. The Morgan fingerprint density at radius 3 is 2.11 bits per heavy atom. The molecule has 0 spiro atoms. The van der Waals surface area contributed by atoms with E-state index in [1.807, 2.05) is 18.2 Å². The maximum Gasteiger partial charge on any atom is 0.329 e. The zero-order valence-corrected chi connectivity index (χ0v) is 20.8. The van der Waals surface area contributed by atoms with Crippen molar-refractivity contribution in [3.8, 4) is 11.5 Å². The fraction of sp³-hybridized carbons (Fsp3) is 0.444. The van der Waals surface area contributed by atoms with E-state index in [0.717, 1.165) is 19.3 Å². The number of hydrogen-bond donors (Lipinski definition) is 2. The fourth-order valence-electron chi connectivity index (χ4n) is 4.17. The highest BCUT2D eigenvalue weighted by atomic mass is 16.5. The normalized spacial score (nSPS) is 14.9. The lowest BCUT2D eigenvalue weighted by molar-refractivity contribution is -0.151. The van der Waals surface area contributed by atoms with Gasteiger partial charge in [0, 0.05) is 23.6 Å². The molecule has 2 N–H and O–H groups in total. The first-order valence-electron chi connectivity index (χ1n) is 11.8. The van der Waals surface area contributed by atoms with Gasteiger partial charge in [-0.15, -0.1) is 0 Å². The molecular formula is C27H34N2O6. The molecule has 8 nitrogen and oxygen atoms in total. The maximum atomic E-state index is 12.8. The lowest BCUT2D eigenvalue weighted by atomic mass is 9.64. The third-order valence-corrected chi connectivity index (χ3v) is 6.49. The van der Waals surface area contributed by atoms with Gasteiger partial charge in [0.25, 0.3) is 11.8 Å². The van der Waals surface area contributed by atoms with Crippen LogP contribution in [0.2, 0.25) is 0 Å². The number of ether oxygens (including phenoxy) is 3. The van der Waals surface area contributed by atoms with Crippen LogP contribution in [0.5, 0.6) is 11.5 Å². The minimum atomic E-state index is -0.921. The van der Waals surface area contributed by atoms with Crippen LogP contribution in [-0.2, 0) is 19.7 Å². The van der Waals surface area contributed by atoms with Crippen molar-refractivity contribution in [2.24, 2.45) is 5.92 Å². The molecule has 0 bridgehead atoms. The second-order valence-electron chi connectivity index (χ2n) is 9.18. The summed E-state index contributed by atoms with van der Waals surface area (Å²) in [7, 11) is 2.98. The monoisotopic (exact) mass is 482 g/mol. The number of nitrogens with one attached hydrogen (secondary N) is 2. The number of carbonyl (C=O) groups excluding carboxylic acids is 3. The van der Waals surface area contributed by atoms with E-state index >= 15 is 0 Å². The van der Waals surface area contributed by atoms with Crippen LogP contribution in [0.15, 0.2) is 48.5 Å². The lowest BCUT2D eigenvalue weighted by Crippen LogP contribution is -2.48. The van der Waals surface area contributed by atoms with Crippen LogP contribution < -0.4 is 20.1 Å². The van der Waals surface area contributed by atoms with Crippen molar-refractivity contribution in [3.63, 3.8) is 0 Å². The highest BCUT2D eigenvalue weighted by Gasteiger charge is 2.38. The van der Waals surface area contributed by atoms with E-state index in [-0.39, 0.29) is 22.8 Å². The van der Waals surface area contributed by atoms with Crippen molar-refractivity contribution in [1.29, 1.82) is 0 Å². The first-order chi connectivity index (χ1) is 16.8. The summed E-state index contributed by atoms with van der Waals surface area (Å²) in [5.74, 6) is -0.855. The molecule has 2 amide bonds. The van der Waals surface area contributed by atoms with Crippen molar-refractivity contribution in [3.05, 3.63) is 59.7 Å². The largest absolute Gasteiger partial charge is 0.497 e. The first kappa shape index (κ1) is 26.1. The minimum Gasteiger partial charge on any atom is -0.497 e. The molecule has 1 fully saturated rings. The van der Waals surface area contributed by atoms with Gasteiger partial charge in [0.2, 0.25) is 0 Å². The zero-order valence-electron chi connectivity index (χ0n) is 20.8. The number of methoxy groups -OCH3 is 2. The van der Waals surface area contributed by atoms with Crippen LogP contribution in [0.25, 0.3) is 0 Å². The molecular weight excluding hydrogens is 448 g/mol. The fourth-order valence-corrected chi connectivity index (χ4v) is 4.17. The Labute approximate surface area is 206 Å². The average molecular weight is 483 g/mol. The second kappa shape index (κ2) is 11.7. The van der Waals surface area contributed by atoms with E-state index in [4.69, 9.17) is 14.2 Å². The number of benzene rings is 2. The van der Waals surface area contributed by atoms with E-state index in [0.29, 0.717) is 18.0 Å². The molecule has 2 aromatic rings. The number of esters is 1. The van der Waals surface area contributed by atoms with Gasteiger partial charge in [0.1, 0.15) is 17.5 Å². The van der Waals surface area contributed by atoms with Crippen molar-refractivity contribution in [1.82, 2.24) is 10.6 Å². The summed E-state index contributed by atoms with van der Waals surface area (Å²) in [6.07, 6.45) is 3.13. The summed E-state index contributed by atoms with van der Waals surface area (Å²) in [4.78, 5) is 38.0. The van der Waals surface area contributed by atoms with Gasteiger partial charge in [-0.3, -0.25) is 9.59 Å². The molecule has 0 saturated heterocycles. The molecule has 188 valence electrons. The Bertz CT molecular complexity index is 1010. The Balaban J connectivity index is 1.55. The molecule has 2 aromatic carbocycles. The van der Waals surface area contributed by atoms with Crippen molar-refractivity contribution >= 4 is 17.8 Å². The zero-order chi connectivity index (χ0) is 25.4. The number of carbonyl (C=O) groups is 3. The molecule has 0 aromatic heterocycles. The summed E-state index contributed by atoms with van der Waals surface area (Å²) < 4.78 is 15.7. The van der Waals surface area contributed by atoms with E-state index in [9.17, 15) is 14.4 Å². The predicted octanol–water partition coefficient (Wildman–Crippen LogP) is 3.24. The Kier molecular flexibility index (Phi) is 8.73. The molecule has 8 heteroatoms. The van der Waals surface area contributed by atoms with Crippen molar-refractivity contribution in [2.75, 3.05) is 27.4 Å². The third kappa shape index (κ3) is 6.53. The lowest BCUT2D eigenvalue weighted by Gasteiger charge is -2.42. The molecule has 0 heterocycles. The SMILES string of the molecule is COc1cc(OC)cc(C(=O)N[C@H](C(=O)OCC(=O)NCC2(c3ccccc3)CCC2)C(C)C)c1.